The third-order valence-electron chi connectivity index (χ3n) is 5.71. The monoisotopic (exact) mass is 439 g/mol. The molecule has 2 aromatic carbocycles. The normalized spacial score (nSPS) is 14.7. The predicted octanol–water partition coefficient (Wildman–Crippen LogP) is 3.97. The second kappa shape index (κ2) is 9.77. The summed E-state index contributed by atoms with van der Waals surface area (Å²) in [7, 11) is 0. The Morgan fingerprint density at radius 1 is 1.13 bits per heavy atom. The molecule has 0 spiro atoms. The van der Waals surface area contributed by atoms with Gasteiger partial charge in [-0.2, -0.15) is 0 Å². The second-order valence-corrected chi connectivity index (χ2v) is 8.96. The molecule has 0 atom stereocenters. The summed E-state index contributed by atoms with van der Waals surface area (Å²) in [6, 6.07) is 12.0. The summed E-state index contributed by atoms with van der Waals surface area (Å²) < 4.78 is 12.4. The zero-order valence-corrected chi connectivity index (χ0v) is 19.2. The van der Waals surface area contributed by atoms with Crippen LogP contribution in [-0.2, 0) is 9.53 Å². The van der Waals surface area contributed by atoms with Crippen molar-refractivity contribution in [3.63, 3.8) is 0 Å². The Morgan fingerprint density at radius 2 is 1.87 bits per heavy atom. The van der Waals surface area contributed by atoms with Crippen molar-refractivity contribution in [2.45, 2.75) is 20.8 Å². The number of morpholine rings is 1. The summed E-state index contributed by atoms with van der Waals surface area (Å²) in [6.07, 6.45) is 0. The first-order valence-corrected chi connectivity index (χ1v) is 11.5. The number of anilines is 1. The molecule has 0 unspecified atom stereocenters. The van der Waals surface area contributed by atoms with Gasteiger partial charge in [-0.1, -0.05) is 29.5 Å². The third kappa shape index (κ3) is 5.23. The van der Waals surface area contributed by atoms with Crippen LogP contribution in [0.25, 0.3) is 10.2 Å². The van der Waals surface area contributed by atoms with E-state index in [1.54, 1.807) is 16.2 Å². The Hall–Kier alpha value is -2.48. The molecule has 1 aliphatic heterocycles. The fourth-order valence-corrected chi connectivity index (χ4v) is 4.70. The van der Waals surface area contributed by atoms with Gasteiger partial charge in [0.25, 0.3) is 5.91 Å². The minimum atomic E-state index is -0.0796. The standard InChI is InChI=1S/C24H29N3O3S/c1-17-6-4-5-7-21(17)30-16-23(28)27(9-8-26-10-12-29-13-11-26)24-25-20-14-18(2)19(3)15-22(20)31-24/h4-7,14-15H,8-13,16H2,1-3H3. The van der Waals surface area contributed by atoms with Gasteiger partial charge in [-0.25, -0.2) is 4.98 Å². The number of para-hydroxylation sites is 1. The molecule has 2 heterocycles. The number of ether oxygens (including phenoxy) is 2. The van der Waals surface area contributed by atoms with E-state index in [-0.39, 0.29) is 12.5 Å². The van der Waals surface area contributed by atoms with E-state index in [2.05, 4.69) is 30.9 Å². The largest absolute Gasteiger partial charge is 0.483 e. The lowest BCUT2D eigenvalue weighted by atomic mass is 10.1. The van der Waals surface area contributed by atoms with Gasteiger partial charge in [0.05, 0.1) is 23.4 Å². The van der Waals surface area contributed by atoms with Gasteiger partial charge in [0, 0.05) is 26.2 Å². The molecule has 1 fully saturated rings. The lowest BCUT2D eigenvalue weighted by Crippen LogP contribution is -2.44. The van der Waals surface area contributed by atoms with E-state index in [9.17, 15) is 4.79 Å². The maximum Gasteiger partial charge on any atom is 0.266 e. The number of carbonyl (C=O) groups excluding carboxylic acids is 1. The van der Waals surface area contributed by atoms with Crippen molar-refractivity contribution >= 4 is 32.6 Å². The number of aryl methyl sites for hydroxylation is 3. The van der Waals surface area contributed by atoms with Gasteiger partial charge in [-0.15, -0.1) is 0 Å². The fraction of sp³-hybridized carbons (Fsp3) is 0.417. The van der Waals surface area contributed by atoms with Crippen molar-refractivity contribution < 1.29 is 14.3 Å². The number of hydrogen-bond donors (Lipinski definition) is 0. The molecule has 164 valence electrons. The first-order valence-electron chi connectivity index (χ1n) is 10.7. The summed E-state index contributed by atoms with van der Waals surface area (Å²) >= 11 is 1.56. The molecule has 31 heavy (non-hydrogen) atoms. The van der Waals surface area contributed by atoms with Crippen molar-refractivity contribution in [3.05, 3.63) is 53.1 Å². The minimum Gasteiger partial charge on any atom is -0.483 e. The predicted molar refractivity (Wildman–Crippen MR) is 125 cm³/mol. The van der Waals surface area contributed by atoms with Crippen LogP contribution in [0.3, 0.4) is 0 Å². The van der Waals surface area contributed by atoms with Gasteiger partial charge >= 0.3 is 0 Å². The quantitative estimate of drug-likeness (QED) is 0.558. The topological polar surface area (TPSA) is 54.9 Å². The average Bonchev–Trinajstić information content (AvgIpc) is 3.16. The molecule has 0 aliphatic carbocycles. The van der Waals surface area contributed by atoms with Crippen LogP contribution in [0.15, 0.2) is 36.4 Å². The molecular weight excluding hydrogens is 410 g/mol. The van der Waals surface area contributed by atoms with Crippen LogP contribution in [0.1, 0.15) is 16.7 Å². The van der Waals surface area contributed by atoms with E-state index in [0.29, 0.717) is 6.54 Å². The molecule has 3 aromatic rings. The molecule has 4 rings (SSSR count). The first kappa shape index (κ1) is 21.7. The summed E-state index contributed by atoms with van der Waals surface area (Å²) in [5, 5.41) is 0.728. The fourth-order valence-electron chi connectivity index (χ4n) is 3.61. The zero-order valence-electron chi connectivity index (χ0n) is 18.4. The number of nitrogens with zero attached hydrogens (tertiary/aromatic N) is 3. The van der Waals surface area contributed by atoms with Crippen molar-refractivity contribution in [1.82, 2.24) is 9.88 Å². The Balaban J connectivity index is 1.54. The van der Waals surface area contributed by atoms with E-state index in [1.807, 2.05) is 31.2 Å². The van der Waals surface area contributed by atoms with E-state index >= 15 is 0 Å². The molecular formula is C24H29N3O3S. The third-order valence-corrected chi connectivity index (χ3v) is 6.75. The highest BCUT2D eigenvalue weighted by Crippen LogP contribution is 2.31. The number of carbonyl (C=O) groups is 1. The van der Waals surface area contributed by atoms with Crippen molar-refractivity contribution in [1.29, 1.82) is 0 Å². The number of hydrogen-bond acceptors (Lipinski definition) is 6. The molecule has 7 heteroatoms. The highest BCUT2D eigenvalue weighted by molar-refractivity contribution is 7.22. The molecule has 0 saturated carbocycles. The lowest BCUT2D eigenvalue weighted by Gasteiger charge is -2.29. The number of thiazole rings is 1. The summed E-state index contributed by atoms with van der Waals surface area (Å²) in [4.78, 5) is 22.1. The molecule has 1 aromatic heterocycles. The van der Waals surface area contributed by atoms with Crippen molar-refractivity contribution in [2.75, 3.05) is 50.9 Å². The molecule has 0 radical (unpaired) electrons. The van der Waals surface area contributed by atoms with Crippen molar-refractivity contribution in [3.8, 4) is 5.75 Å². The van der Waals surface area contributed by atoms with Crippen molar-refractivity contribution in [2.24, 2.45) is 0 Å². The maximum absolute atomic E-state index is 13.2. The SMILES string of the molecule is Cc1cc2nc(N(CCN3CCOCC3)C(=O)COc3ccccc3C)sc2cc1C. The minimum absolute atomic E-state index is 0.0120. The molecule has 1 aliphatic rings. The van der Waals surface area contributed by atoms with Gasteiger partial charge < -0.3 is 9.47 Å². The van der Waals surface area contributed by atoms with Crippen LogP contribution in [0.4, 0.5) is 5.13 Å². The first-order chi connectivity index (χ1) is 15.0. The van der Waals surface area contributed by atoms with Gasteiger partial charge in [-0.3, -0.25) is 14.6 Å². The van der Waals surface area contributed by atoms with E-state index in [4.69, 9.17) is 14.5 Å². The van der Waals surface area contributed by atoms with E-state index in [1.165, 1.54) is 11.1 Å². The molecule has 0 bridgehead atoms. The van der Waals surface area contributed by atoms with Crippen LogP contribution >= 0.6 is 11.3 Å². The lowest BCUT2D eigenvalue weighted by molar-refractivity contribution is -0.120. The van der Waals surface area contributed by atoms with Crippen LogP contribution in [0.2, 0.25) is 0 Å². The van der Waals surface area contributed by atoms with Gasteiger partial charge in [-0.05, 0) is 55.7 Å². The maximum atomic E-state index is 13.2. The summed E-state index contributed by atoms with van der Waals surface area (Å²) in [6.45, 7) is 10.8. The van der Waals surface area contributed by atoms with Crippen LogP contribution < -0.4 is 9.64 Å². The van der Waals surface area contributed by atoms with Crippen LogP contribution in [-0.4, -0.2) is 61.8 Å². The second-order valence-electron chi connectivity index (χ2n) is 7.95. The smallest absolute Gasteiger partial charge is 0.266 e. The Kier molecular flexibility index (Phi) is 6.85. The van der Waals surface area contributed by atoms with Gasteiger partial charge in [0.2, 0.25) is 0 Å². The van der Waals surface area contributed by atoms with Crippen LogP contribution in [0.5, 0.6) is 5.75 Å². The Labute approximate surface area is 187 Å². The highest BCUT2D eigenvalue weighted by Gasteiger charge is 2.22. The highest BCUT2D eigenvalue weighted by atomic mass is 32.1. The number of benzene rings is 2. The van der Waals surface area contributed by atoms with Gasteiger partial charge in [0.1, 0.15) is 5.75 Å². The summed E-state index contributed by atoms with van der Waals surface area (Å²) in [5.74, 6) is 0.656. The number of aromatic nitrogens is 1. The number of amides is 1. The molecule has 6 nitrogen and oxygen atoms in total. The van der Waals surface area contributed by atoms with E-state index in [0.717, 1.165) is 59.5 Å². The Morgan fingerprint density at radius 3 is 2.65 bits per heavy atom. The average molecular weight is 440 g/mol. The molecule has 1 saturated heterocycles. The van der Waals surface area contributed by atoms with Crippen LogP contribution in [0, 0.1) is 20.8 Å². The summed E-state index contributed by atoms with van der Waals surface area (Å²) in [5.41, 5.74) is 4.39. The van der Waals surface area contributed by atoms with E-state index < -0.39 is 0 Å². The Bertz CT molecular complexity index is 1020. The van der Waals surface area contributed by atoms with Gasteiger partial charge in [0.15, 0.2) is 11.7 Å². The molecule has 0 N–H and O–H groups in total. The molecule has 1 amide bonds. The number of rotatable bonds is 7. The number of fused-ring (bicyclic) bond motifs is 1. The zero-order chi connectivity index (χ0) is 21.8.